The molecule has 5 nitrogen and oxygen atoms in total. The first-order valence-corrected chi connectivity index (χ1v) is 3.97. The van der Waals surface area contributed by atoms with Crippen molar-refractivity contribution in [3.8, 4) is 11.5 Å². The SMILES string of the molecule is COc1c(OC=O)ccc2[nH]ncc12. The molecule has 0 saturated carbocycles. The number of carbonyl (C=O) groups is 1. The van der Waals surface area contributed by atoms with Crippen molar-refractivity contribution in [3.05, 3.63) is 18.3 Å². The van der Waals surface area contributed by atoms with Gasteiger partial charge in [0.1, 0.15) is 0 Å². The summed E-state index contributed by atoms with van der Waals surface area (Å²) in [4.78, 5) is 10.2. The van der Waals surface area contributed by atoms with Crippen LogP contribution in [0.3, 0.4) is 0 Å². The highest BCUT2D eigenvalue weighted by atomic mass is 16.5. The van der Waals surface area contributed by atoms with Crippen molar-refractivity contribution in [2.45, 2.75) is 0 Å². The molecule has 5 heteroatoms. The first-order valence-electron chi connectivity index (χ1n) is 3.97. The van der Waals surface area contributed by atoms with Gasteiger partial charge in [0.05, 0.1) is 24.2 Å². The van der Waals surface area contributed by atoms with Gasteiger partial charge < -0.3 is 9.47 Å². The Hall–Kier alpha value is -2.04. The number of rotatable bonds is 3. The van der Waals surface area contributed by atoms with Gasteiger partial charge in [0.25, 0.3) is 6.47 Å². The molecule has 0 aliphatic heterocycles. The Morgan fingerprint density at radius 1 is 1.50 bits per heavy atom. The highest BCUT2D eigenvalue weighted by molar-refractivity contribution is 5.87. The van der Waals surface area contributed by atoms with Crippen LogP contribution in [0.15, 0.2) is 18.3 Å². The molecule has 1 aromatic heterocycles. The van der Waals surface area contributed by atoms with Gasteiger partial charge in [-0.3, -0.25) is 9.89 Å². The number of aromatic nitrogens is 2. The van der Waals surface area contributed by atoms with Crippen LogP contribution in [-0.2, 0) is 4.79 Å². The smallest absolute Gasteiger partial charge is 0.298 e. The monoisotopic (exact) mass is 192 g/mol. The summed E-state index contributed by atoms with van der Waals surface area (Å²) in [6.07, 6.45) is 1.62. The number of nitrogens with one attached hydrogen (secondary N) is 1. The number of hydrogen-bond donors (Lipinski definition) is 1. The molecule has 1 aromatic carbocycles. The molecule has 2 rings (SSSR count). The third-order valence-electron chi connectivity index (χ3n) is 1.92. The minimum Gasteiger partial charge on any atom is -0.492 e. The molecule has 2 aromatic rings. The molecule has 0 aliphatic rings. The zero-order valence-electron chi connectivity index (χ0n) is 7.48. The molecule has 0 fully saturated rings. The molecule has 0 radical (unpaired) electrons. The van der Waals surface area contributed by atoms with E-state index in [-0.39, 0.29) is 0 Å². The molecule has 0 amide bonds. The predicted molar refractivity (Wildman–Crippen MR) is 49.3 cm³/mol. The van der Waals surface area contributed by atoms with E-state index in [1.54, 1.807) is 18.3 Å². The fourth-order valence-electron chi connectivity index (χ4n) is 1.33. The minimum absolute atomic E-state index is 0.365. The Morgan fingerprint density at radius 3 is 3.07 bits per heavy atom. The van der Waals surface area contributed by atoms with Crippen LogP contribution in [0.25, 0.3) is 10.9 Å². The zero-order valence-corrected chi connectivity index (χ0v) is 7.48. The van der Waals surface area contributed by atoms with Crippen LogP contribution in [0.4, 0.5) is 0 Å². The summed E-state index contributed by atoms with van der Waals surface area (Å²) < 4.78 is 9.88. The fourth-order valence-corrected chi connectivity index (χ4v) is 1.33. The van der Waals surface area contributed by atoms with Crippen molar-refractivity contribution in [2.24, 2.45) is 0 Å². The van der Waals surface area contributed by atoms with E-state index >= 15 is 0 Å². The third-order valence-corrected chi connectivity index (χ3v) is 1.92. The lowest BCUT2D eigenvalue weighted by atomic mass is 10.2. The van der Waals surface area contributed by atoms with Gasteiger partial charge in [0, 0.05) is 0 Å². The minimum atomic E-state index is 0.365. The standard InChI is InChI=1S/C9H8N2O3/c1-13-9-6-4-10-11-7(6)2-3-8(9)14-5-12/h2-5H,1H3,(H,10,11). The molecule has 1 N–H and O–H groups in total. The van der Waals surface area contributed by atoms with Gasteiger partial charge in [0.2, 0.25) is 0 Å². The average Bonchev–Trinajstić information content (AvgIpc) is 2.66. The summed E-state index contributed by atoms with van der Waals surface area (Å²) in [6, 6.07) is 3.41. The zero-order chi connectivity index (χ0) is 9.97. The Morgan fingerprint density at radius 2 is 2.36 bits per heavy atom. The lowest BCUT2D eigenvalue weighted by Gasteiger charge is -2.06. The Bertz CT molecular complexity index is 464. The van der Waals surface area contributed by atoms with Crippen molar-refractivity contribution in [1.82, 2.24) is 10.2 Å². The molecule has 1 heterocycles. The van der Waals surface area contributed by atoms with Crippen LogP contribution in [-0.4, -0.2) is 23.8 Å². The van der Waals surface area contributed by atoms with E-state index in [0.29, 0.717) is 18.0 Å². The number of hydrogen-bond acceptors (Lipinski definition) is 4. The van der Waals surface area contributed by atoms with Crippen molar-refractivity contribution in [2.75, 3.05) is 7.11 Å². The molecular formula is C9H8N2O3. The van der Waals surface area contributed by atoms with E-state index in [4.69, 9.17) is 9.47 Å². The second kappa shape index (κ2) is 3.37. The predicted octanol–water partition coefficient (Wildman–Crippen LogP) is 1.11. The van der Waals surface area contributed by atoms with E-state index in [9.17, 15) is 4.79 Å². The summed E-state index contributed by atoms with van der Waals surface area (Å²) in [5.41, 5.74) is 0.833. The summed E-state index contributed by atoms with van der Waals surface area (Å²) in [5, 5.41) is 7.44. The number of aromatic amines is 1. The summed E-state index contributed by atoms with van der Waals surface area (Å²) in [6.45, 7) is 0.365. The molecule has 0 atom stereocenters. The summed E-state index contributed by atoms with van der Waals surface area (Å²) in [5.74, 6) is 0.889. The number of carbonyl (C=O) groups excluding carboxylic acids is 1. The second-order valence-electron chi connectivity index (χ2n) is 2.64. The Labute approximate surface area is 79.6 Å². The molecule has 72 valence electrons. The normalized spacial score (nSPS) is 10.1. The number of ether oxygens (including phenoxy) is 2. The Balaban J connectivity index is 2.65. The van der Waals surface area contributed by atoms with Gasteiger partial charge in [-0.2, -0.15) is 5.10 Å². The lowest BCUT2D eigenvalue weighted by molar-refractivity contribution is -0.120. The van der Waals surface area contributed by atoms with Crippen LogP contribution in [0.2, 0.25) is 0 Å². The highest BCUT2D eigenvalue weighted by Gasteiger charge is 2.10. The third kappa shape index (κ3) is 1.19. The van der Waals surface area contributed by atoms with E-state index in [2.05, 4.69) is 10.2 Å². The van der Waals surface area contributed by atoms with Crippen LogP contribution in [0.1, 0.15) is 0 Å². The summed E-state index contributed by atoms with van der Waals surface area (Å²) in [7, 11) is 1.51. The maximum atomic E-state index is 10.2. The van der Waals surface area contributed by atoms with Crippen molar-refractivity contribution < 1.29 is 14.3 Å². The topological polar surface area (TPSA) is 64.2 Å². The van der Waals surface area contributed by atoms with Gasteiger partial charge in [-0.05, 0) is 12.1 Å². The van der Waals surface area contributed by atoms with Crippen LogP contribution in [0, 0.1) is 0 Å². The van der Waals surface area contributed by atoms with Crippen LogP contribution >= 0.6 is 0 Å². The first kappa shape index (κ1) is 8.55. The molecule has 14 heavy (non-hydrogen) atoms. The van der Waals surface area contributed by atoms with E-state index in [1.807, 2.05) is 0 Å². The number of methoxy groups -OCH3 is 1. The number of fused-ring (bicyclic) bond motifs is 1. The molecule has 0 saturated heterocycles. The van der Waals surface area contributed by atoms with Crippen LogP contribution < -0.4 is 9.47 Å². The number of benzene rings is 1. The lowest BCUT2D eigenvalue weighted by Crippen LogP contribution is -1.93. The van der Waals surface area contributed by atoms with E-state index in [0.717, 1.165) is 10.9 Å². The molecule has 0 unspecified atom stereocenters. The molecule has 0 aliphatic carbocycles. The van der Waals surface area contributed by atoms with Crippen molar-refractivity contribution in [3.63, 3.8) is 0 Å². The molecular weight excluding hydrogens is 184 g/mol. The summed E-state index contributed by atoms with van der Waals surface area (Å²) >= 11 is 0. The Kier molecular flexibility index (Phi) is 2.06. The second-order valence-corrected chi connectivity index (χ2v) is 2.64. The average molecular weight is 192 g/mol. The van der Waals surface area contributed by atoms with Gasteiger partial charge in [0.15, 0.2) is 11.5 Å². The maximum absolute atomic E-state index is 10.2. The number of H-pyrrole nitrogens is 1. The fraction of sp³-hybridized carbons (Fsp3) is 0.111. The van der Waals surface area contributed by atoms with Gasteiger partial charge in [-0.1, -0.05) is 0 Å². The van der Waals surface area contributed by atoms with Crippen molar-refractivity contribution >= 4 is 17.4 Å². The van der Waals surface area contributed by atoms with Gasteiger partial charge >= 0.3 is 0 Å². The van der Waals surface area contributed by atoms with Gasteiger partial charge in [-0.25, -0.2) is 0 Å². The first-order chi connectivity index (χ1) is 6.86. The number of nitrogens with zero attached hydrogens (tertiary/aromatic N) is 1. The van der Waals surface area contributed by atoms with Gasteiger partial charge in [-0.15, -0.1) is 0 Å². The quantitative estimate of drug-likeness (QED) is 0.740. The van der Waals surface area contributed by atoms with Crippen molar-refractivity contribution in [1.29, 1.82) is 0 Å². The largest absolute Gasteiger partial charge is 0.492 e. The molecule has 0 bridgehead atoms. The maximum Gasteiger partial charge on any atom is 0.298 e. The van der Waals surface area contributed by atoms with E-state index < -0.39 is 0 Å². The highest BCUT2D eigenvalue weighted by Crippen LogP contribution is 2.33. The van der Waals surface area contributed by atoms with E-state index in [1.165, 1.54) is 7.11 Å². The molecule has 0 spiro atoms. The van der Waals surface area contributed by atoms with Crippen LogP contribution in [0.5, 0.6) is 11.5 Å².